The number of anilines is 1. The molecule has 2 N–H and O–H groups in total. The molecule has 0 fully saturated rings. The van der Waals surface area contributed by atoms with E-state index in [2.05, 4.69) is 10.6 Å². The molecule has 118 valence electrons. The van der Waals surface area contributed by atoms with Crippen molar-refractivity contribution in [1.82, 2.24) is 5.32 Å². The summed E-state index contributed by atoms with van der Waals surface area (Å²) in [6.45, 7) is 3.92. The molecule has 1 rings (SSSR count). The van der Waals surface area contributed by atoms with Gasteiger partial charge in [-0.05, 0) is 26.0 Å². The van der Waals surface area contributed by atoms with Gasteiger partial charge in [-0.3, -0.25) is 4.79 Å². The van der Waals surface area contributed by atoms with Crippen molar-refractivity contribution in [2.45, 2.75) is 26.1 Å². The molecule has 1 aromatic carbocycles. The van der Waals surface area contributed by atoms with Gasteiger partial charge in [0.15, 0.2) is 0 Å². The van der Waals surface area contributed by atoms with E-state index in [1.807, 2.05) is 0 Å². The first-order chi connectivity index (χ1) is 9.81. The fraction of sp³-hybridized carbons (Fsp3) is 0.500. The molecule has 0 aliphatic heterocycles. The van der Waals surface area contributed by atoms with Gasteiger partial charge in [0, 0.05) is 20.2 Å². The lowest BCUT2D eigenvalue weighted by Crippen LogP contribution is -2.32. The van der Waals surface area contributed by atoms with Crippen molar-refractivity contribution in [2.75, 3.05) is 25.5 Å². The molecule has 0 radical (unpaired) electrons. The summed E-state index contributed by atoms with van der Waals surface area (Å²) in [5, 5.41) is 5.18. The second-order valence-electron chi connectivity index (χ2n) is 4.51. The molecule has 0 bridgehead atoms. The number of hydrogen-bond acceptors (Lipinski definition) is 3. The molecule has 7 heteroatoms. The van der Waals surface area contributed by atoms with Gasteiger partial charge in [-0.15, -0.1) is 0 Å². The Labute approximate surface area is 121 Å². The Bertz CT molecular complexity index is 490. The first-order valence-electron chi connectivity index (χ1n) is 6.56. The van der Waals surface area contributed by atoms with Gasteiger partial charge in [-0.1, -0.05) is 6.07 Å². The number of rotatable bonds is 6. The van der Waals surface area contributed by atoms with Crippen molar-refractivity contribution >= 4 is 11.6 Å². The minimum atomic E-state index is -4.52. The van der Waals surface area contributed by atoms with Gasteiger partial charge in [-0.2, -0.15) is 13.2 Å². The summed E-state index contributed by atoms with van der Waals surface area (Å²) >= 11 is 0. The van der Waals surface area contributed by atoms with Gasteiger partial charge < -0.3 is 15.4 Å². The fourth-order valence-electron chi connectivity index (χ4n) is 1.76. The van der Waals surface area contributed by atoms with E-state index in [9.17, 15) is 18.0 Å². The van der Waals surface area contributed by atoms with Crippen LogP contribution in [0.5, 0.6) is 0 Å². The van der Waals surface area contributed by atoms with Crippen molar-refractivity contribution in [3.63, 3.8) is 0 Å². The normalized spacial score (nSPS) is 12.9. The molecule has 1 atom stereocenters. The average Bonchev–Trinajstić information content (AvgIpc) is 2.43. The van der Waals surface area contributed by atoms with Crippen LogP contribution in [0.25, 0.3) is 0 Å². The van der Waals surface area contributed by atoms with Gasteiger partial charge >= 0.3 is 6.18 Å². The quantitative estimate of drug-likeness (QED) is 0.849. The second kappa shape index (κ2) is 7.31. The van der Waals surface area contributed by atoms with Gasteiger partial charge in [0.1, 0.15) is 0 Å². The Balaban J connectivity index is 3.08. The zero-order valence-corrected chi connectivity index (χ0v) is 12.2. The molecular weight excluding hydrogens is 285 g/mol. The maximum atomic E-state index is 13.0. The molecule has 0 spiro atoms. The van der Waals surface area contributed by atoms with Crippen LogP contribution in [0.2, 0.25) is 0 Å². The van der Waals surface area contributed by atoms with E-state index in [1.165, 1.54) is 19.2 Å². The van der Waals surface area contributed by atoms with E-state index < -0.39 is 17.6 Å². The van der Waals surface area contributed by atoms with E-state index in [4.69, 9.17) is 4.74 Å². The highest BCUT2D eigenvalue weighted by Gasteiger charge is 2.35. The number of carbonyl (C=O) groups is 1. The number of ether oxygens (including phenoxy) is 1. The van der Waals surface area contributed by atoms with Crippen molar-refractivity contribution in [2.24, 2.45) is 0 Å². The summed E-state index contributed by atoms with van der Waals surface area (Å²) < 4.78 is 44.0. The van der Waals surface area contributed by atoms with E-state index in [1.54, 1.807) is 13.8 Å². The molecular formula is C14H19F3N2O2. The first kappa shape index (κ1) is 17.3. The van der Waals surface area contributed by atoms with Crippen LogP contribution in [-0.4, -0.2) is 32.2 Å². The molecule has 21 heavy (non-hydrogen) atoms. The predicted octanol–water partition coefficient (Wildman–Crippen LogP) is 2.90. The molecule has 1 unspecified atom stereocenters. The van der Waals surface area contributed by atoms with E-state index in [0.29, 0.717) is 0 Å². The van der Waals surface area contributed by atoms with Gasteiger partial charge in [0.2, 0.25) is 0 Å². The number of nitrogens with one attached hydrogen (secondary N) is 2. The van der Waals surface area contributed by atoms with E-state index in [0.717, 1.165) is 6.07 Å². The monoisotopic (exact) mass is 304 g/mol. The van der Waals surface area contributed by atoms with E-state index >= 15 is 0 Å². The summed E-state index contributed by atoms with van der Waals surface area (Å²) in [5.74, 6) is -0.569. The number of para-hydroxylation sites is 1. The van der Waals surface area contributed by atoms with Crippen molar-refractivity contribution in [1.29, 1.82) is 0 Å². The predicted molar refractivity (Wildman–Crippen MR) is 74.4 cm³/mol. The number of carbonyl (C=O) groups excluding carboxylic acids is 1. The van der Waals surface area contributed by atoms with Crippen LogP contribution in [0.4, 0.5) is 18.9 Å². The minimum Gasteiger partial charge on any atom is -0.384 e. The largest absolute Gasteiger partial charge is 0.418 e. The highest BCUT2D eigenvalue weighted by molar-refractivity contribution is 6.00. The van der Waals surface area contributed by atoms with Crippen LogP contribution in [0.1, 0.15) is 29.8 Å². The number of alkyl halides is 3. The smallest absolute Gasteiger partial charge is 0.384 e. The molecule has 0 heterocycles. The van der Waals surface area contributed by atoms with E-state index in [-0.39, 0.29) is 30.4 Å². The van der Waals surface area contributed by atoms with Crippen molar-refractivity contribution < 1.29 is 22.7 Å². The number of hydrogen-bond donors (Lipinski definition) is 2. The maximum Gasteiger partial charge on any atom is 0.418 e. The molecule has 0 aliphatic carbocycles. The van der Waals surface area contributed by atoms with Gasteiger partial charge in [-0.25, -0.2) is 0 Å². The molecule has 4 nitrogen and oxygen atoms in total. The zero-order chi connectivity index (χ0) is 16.0. The summed E-state index contributed by atoms with van der Waals surface area (Å²) in [5.41, 5.74) is -1.08. The second-order valence-corrected chi connectivity index (χ2v) is 4.51. The van der Waals surface area contributed by atoms with Crippen LogP contribution >= 0.6 is 0 Å². The molecule has 0 aromatic heterocycles. The third-order valence-corrected chi connectivity index (χ3v) is 2.92. The Morgan fingerprint density at radius 3 is 2.57 bits per heavy atom. The van der Waals surface area contributed by atoms with Gasteiger partial charge in [0.05, 0.1) is 22.9 Å². The highest BCUT2D eigenvalue weighted by Crippen LogP contribution is 2.36. The van der Waals surface area contributed by atoms with Gasteiger partial charge in [0.25, 0.3) is 5.91 Å². The summed E-state index contributed by atoms with van der Waals surface area (Å²) in [6.07, 6.45) is -4.74. The van der Waals surface area contributed by atoms with Crippen LogP contribution in [0.15, 0.2) is 18.2 Å². The maximum absolute atomic E-state index is 13.0. The molecule has 0 saturated carbocycles. The fourth-order valence-corrected chi connectivity index (χ4v) is 1.76. The average molecular weight is 304 g/mol. The first-order valence-corrected chi connectivity index (χ1v) is 6.56. The number of amides is 1. The summed E-state index contributed by atoms with van der Waals surface area (Å²) in [7, 11) is 1.49. The van der Waals surface area contributed by atoms with Crippen molar-refractivity contribution in [3.05, 3.63) is 29.3 Å². The van der Waals surface area contributed by atoms with Crippen LogP contribution in [0.3, 0.4) is 0 Å². The van der Waals surface area contributed by atoms with Crippen LogP contribution in [0, 0.1) is 0 Å². The SMILES string of the molecule is CCNc1c(C(=O)NCC(C)OC)cccc1C(F)(F)F. The zero-order valence-electron chi connectivity index (χ0n) is 12.2. The standard InChI is InChI=1S/C14H19F3N2O2/c1-4-18-12-10(13(20)19-8-9(2)21-3)6-5-7-11(12)14(15,16)17/h5-7,9,18H,4,8H2,1-3H3,(H,19,20). The highest BCUT2D eigenvalue weighted by atomic mass is 19.4. The number of benzene rings is 1. The van der Waals surface area contributed by atoms with Crippen LogP contribution in [-0.2, 0) is 10.9 Å². The Kier molecular flexibility index (Phi) is 6.02. The Morgan fingerprint density at radius 2 is 2.05 bits per heavy atom. The minimum absolute atomic E-state index is 0.0324. The topological polar surface area (TPSA) is 50.4 Å². The number of methoxy groups -OCH3 is 1. The summed E-state index contributed by atoms with van der Waals surface area (Å²) in [6, 6.07) is 3.53. The molecule has 0 saturated heterocycles. The molecule has 1 aromatic rings. The third kappa shape index (κ3) is 4.63. The Morgan fingerprint density at radius 1 is 1.38 bits per heavy atom. The third-order valence-electron chi connectivity index (χ3n) is 2.92. The van der Waals surface area contributed by atoms with Crippen LogP contribution < -0.4 is 10.6 Å². The number of halogens is 3. The summed E-state index contributed by atoms with van der Waals surface area (Å²) in [4.78, 5) is 12.1. The lowest BCUT2D eigenvalue weighted by Gasteiger charge is -2.18. The van der Waals surface area contributed by atoms with Crippen molar-refractivity contribution in [3.8, 4) is 0 Å². The lowest BCUT2D eigenvalue weighted by atomic mass is 10.1. The lowest BCUT2D eigenvalue weighted by molar-refractivity contribution is -0.137. The molecule has 0 aliphatic rings. The Hall–Kier alpha value is -1.76. The molecule has 1 amide bonds.